The Morgan fingerprint density at radius 1 is 0.538 bits per heavy atom. The fourth-order valence-electron chi connectivity index (χ4n) is 4.51. The predicted octanol–water partition coefficient (Wildman–Crippen LogP) is 9.40. The van der Waals surface area contributed by atoms with E-state index in [1.165, 1.54) is 44.9 Å². The summed E-state index contributed by atoms with van der Waals surface area (Å²) in [7, 11) is 0. The number of allylic oxidation sites excluding steroid dienone is 1. The maximum absolute atomic E-state index is 3.77. The Hall–Kier alpha value is -0.260. The summed E-state index contributed by atoms with van der Waals surface area (Å²) in [5.74, 6) is 6.14. The van der Waals surface area contributed by atoms with E-state index < -0.39 is 0 Å². The molecule has 0 N–H and O–H groups in total. The van der Waals surface area contributed by atoms with Gasteiger partial charge < -0.3 is 0 Å². The van der Waals surface area contributed by atoms with Crippen LogP contribution in [0.5, 0.6) is 0 Å². The SMILES string of the molecule is C=CCC(C)CC(C)CC(C)C.CCC(C)CC(C)CC(C)CC(C)C. The molecule has 0 bridgehead atoms. The van der Waals surface area contributed by atoms with Crippen LogP contribution in [-0.2, 0) is 0 Å². The molecule has 0 saturated carbocycles. The van der Waals surface area contributed by atoms with Crippen LogP contribution in [0.4, 0.5) is 0 Å². The van der Waals surface area contributed by atoms with Gasteiger partial charge in [-0.25, -0.2) is 0 Å². The maximum atomic E-state index is 3.77. The van der Waals surface area contributed by atoms with Crippen molar-refractivity contribution in [2.45, 2.75) is 114 Å². The summed E-state index contributed by atoms with van der Waals surface area (Å²) in [5, 5.41) is 0. The molecule has 26 heavy (non-hydrogen) atoms. The standard InChI is InChI=1S/C14H30.C12H24/c1-7-12(4)9-14(6)10-13(5)8-11(2)3;1-6-7-11(4)9-12(5)8-10(2)3/h11-14H,7-10H2,1-6H3;6,10-12H,1,7-9H2,2-5H3. The second kappa shape index (κ2) is 16.9. The van der Waals surface area contributed by atoms with E-state index >= 15 is 0 Å². The molecule has 0 nitrogen and oxygen atoms in total. The first kappa shape index (κ1) is 28.0. The molecular weight excluding hydrogens is 312 g/mol. The Labute approximate surface area is 168 Å². The van der Waals surface area contributed by atoms with Crippen LogP contribution in [0.2, 0.25) is 0 Å². The Bertz CT molecular complexity index is 301. The van der Waals surface area contributed by atoms with Crippen LogP contribution >= 0.6 is 0 Å². The molecule has 0 heteroatoms. The highest BCUT2D eigenvalue weighted by molar-refractivity contribution is 4.72. The molecule has 0 aromatic heterocycles. The minimum atomic E-state index is 0.816. The molecule has 0 spiro atoms. The van der Waals surface area contributed by atoms with E-state index in [1.54, 1.807) is 0 Å². The Balaban J connectivity index is 0. The lowest BCUT2D eigenvalue weighted by molar-refractivity contribution is 0.310. The van der Waals surface area contributed by atoms with Gasteiger partial charge in [-0.3, -0.25) is 0 Å². The molecule has 0 aliphatic heterocycles. The third kappa shape index (κ3) is 20.1. The summed E-state index contributed by atoms with van der Waals surface area (Å²) in [6.45, 7) is 27.2. The van der Waals surface area contributed by atoms with Crippen LogP contribution < -0.4 is 0 Å². The molecular formula is C26H54. The first-order valence-corrected chi connectivity index (χ1v) is 11.6. The second-order valence-electron chi connectivity index (χ2n) is 10.4. The smallest absolute Gasteiger partial charge is 0.0327 e. The fraction of sp³-hybridized carbons (Fsp3) is 0.923. The summed E-state index contributed by atoms with van der Waals surface area (Å²) in [4.78, 5) is 0. The van der Waals surface area contributed by atoms with Crippen molar-refractivity contribution in [2.24, 2.45) is 41.4 Å². The van der Waals surface area contributed by atoms with Crippen LogP contribution in [-0.4, -0.2) is 0 Å². The average molecular weight is 367 g/mol. The Morgan fingerprint density at radius 2 is 0.885 bits per heavy atom. The van der Waals surface area contributed by atoms with E-state index in [-0.39, 0.29) is 0 Å². The summed E-state index contributed by atoms with van der Waals surface area (Å²) in [6.07, 6.45) is 11.5. The quantitative estimate of drug-likeness (QED) is 0.285. The molecule has 0 rings (SSSR count). The van der Waals surface area contributed by atoms with Crippen LogP contribution in [0, 0.1) is 41.4 Å². The first-order chi connectivity index (χ1) is 12.0. The molecule has 0 saturated heterocycles. The van der Waals surface area contributed by atoms with Gasteiger partial charge >= 0.3 is 0 Å². The fourth-order valence-corrected chi connectivity index (χ4v) is 4.51. The van der Waals surface area contributed by atoms with Crippen molar-refractivity contribution in [3.05, 3.63) is 12.7 Å². The van der Waals surface area contributed by atoms with Crippen molar-refractivity contribution in [2.75, 3.05) is 0 Å². The minimum Gasteiger partial charge on any atom is -0.103 e. The van der Waals surface area contributed by atoms with Gasteiger partial charge in [-0.05, 0) is 80.0 Å². The minimum absolute atomic E-state index is 0.816. The topological polar surface area (TPSA) is 0 Å². The summed E-state index contributed by atoms with van der Waals surface area (Å²) in [6, 6.07) is 0. The molecule has 5 atom stereocenters. The molecule has 0 heterocycles. The molecule has 0 amide bonds. The molecule has 0 fully saturated rings. The average Bonchev–Trinajstić information content (AvgIpc) is 2.45. The zero-order chi connectivity index (χ0) is 20.7. The monoisotopic (exact) mass is 366 g/mol. The third-order valence-corrected chi connectivity index (χ3v) is 5.43. The zero-order valence-corrected chi connectivity index (χ0v) is 20.3. The van der Waals surface area contributed by atoms with Crippen molar-refractivity contribution >= 4 is 0 Å². The van der Waals surface area contributed by atoms with Gasteiger partial charge in [0.05, 0.1) is 0 Å². The molecule has 0 radical (unpaired) electrons. The van der Waals surface area contributed by atoms with Crippen LogP contribution in [0.25, 0.3) is 0 Å². The number of hydrogen-bond donors (Lipinski definition) is 0. The highest BCUT2D eigenvalue weighted by Crippen LogP contribution is 2.25. The van der Waals surface area contributed by atoms with E-state index in [2.05, 4.69) is 75.8 Å². The molecule has 0 aromatic rings. The van der Waals surface area contributed by atoms with E-state index in [4.69, 9.17) is 0 Å². The highest BCUT2D eigenvalue weighted by Gasteiger charge is 2.12. The highest BCUT2D eigenvalue weighted by atomic mass is 14.2. The summed E-state index contributed by atoms with van der Waals surface area (Å²) >= 11 is 0. The largest absolute Gasteiger partial charge is 0.103 e. The van der Waals surface area contributed by atoms with Crippen molar-refractivity contribution in [1.29, 1.82) is 0 Å². The van der Waals surface area contributed by atoms with E-state index in [0.717, 1.165) is 41.4 Å². The van der Waals surface area contributed by atoms with Crippen molar-refractivity contribution in [1.82, 2.24) is 0 Å². The lowest BCUT2D eigenvalue weighted by atomic mass is 9.85. The van der Waals surface area contributed by atoms with Crippen LogP contribution in [0.15, 0.2) is 12.7 Å². The van der Waals surface area contributed by atoms with Gasteiger partial charge in [0, 0.05) is 0 Å². The normalized spacial score (nSPS) is 17.2. The third-order valence-electron chi connectivity index (χ3n) is 5.43. The lowest BCUT2D eigenvalue weighted by Crippen LogP contribution is -2.09. The lowest BCUT2D eigenvalue weighted by Gasteiger charge is -2.21. The van der Waals surface area contributed by atoms with E-state index in [0.29, 0.717) is 0 Å². The van der Waals surface area contributed by atoms with Gasteiger partial charge in [0.25, 0.3) is 0 Å². The first-order valence-electron chi connectivity index (χ1n) is 11.6. The van der Waals surface area contributed by atoms with Gasteiger partial charge in [-0.15, -0.1) is 6.58 Å². The van der Waals surface area contributed by atoms with Crippen molar-refractivity contribution in [3.63, 3.8) is 0 Å². The number of rotatable bonds is 13. The van der Waals surface area contributed by atoms with Gasteiger partial charge in [0.1, 0.15) is 0 Å². The maximum Gasteiger partial charge on any atom is -0.0327 e. The molecule has 0 aliphatic carbocycles. The van der Waals surface area contributed by atoms with Gasteiger partial charge in [0.2, 0.25) is 0 Å². The van der Waals surface area contributed by atoms with Gasteiger partial charge in [0.15, 0.2) is 0 Å². The van der Waals surface area contributed by atoms with Gasteiger partial charge in [-0.1, -0.05) is 81.7 Å². The molecule has 158 valence electrons. The van der Waals surface area contributed by atoms with E-state index in [9.17, 15) is 0 Å². The van der Waals surface area contributed by atoms with Crippen molar-refractivity contribution in [3.8, 4) is 0 Å². The van der Waals surface area contributed by atoms with Crippen molar-refractivity contribution < 1.29 is 0 Å². The molecule has 0 aliphatic rings. The predicted molar refractivity (Wildman–Crippen MR) is 124 cm³/mol. The van der Waals surface area contributed by atoms with Crippen LogP contribution in [0.3, 0.4) is 0 Å². The Kier molecular flexibility index (Phi) is 18.1. The summed E-state index contributed by atoms with van der Waals surface area (Å²) in [5.41, 5.74) is 0. The zero-order valence-electron chi connectivity index (χ0n) is 20.3. The molecule has 0 aromatic carbocycles. The van der Waals surface area contributed by atoms with Crippen LogP contribution in [0.1, 0.15) is 114 Å². The van der Waals surface area contributed by atoms with Gasteiger partial charge in [-0.2, -0.15) is 0 Å². The van der Waals surface area contributed by atoms with E-state index in [1.807, 2.05) is 6.08 Å². The Morgan fingerprint density at radius 3 is 1.23 bits per heavy atom. The second-order valence-corrected chi connectivity index (χ2v) is 10.4. The summed E-state index contributed by atoms with van der Waals surface area (Å²) < 4.78 is 0. The molecule has 5 unspecified atom stereocenters. The number of hydrogen-bond acceptors (Lipinski definition) is 0.